The van der Waals surface area contributed by atoms with Gasteiger partial charge in [0.2, 0.25) is 0 Å². The molecule has 0 aromatic carbocycles. The summed E-state index contributed by atoms with van der Waals surface area (Å²) in [5.74, 6) is 0.241. The van der Waals surface area contributed by atoms with Crippen molar-refractivity contribution in [1.29, 1.82) is 0 Å². The molecule has 0 atom stereocenters. The number of alkyl halides is 3. The number of carbonyl (C=O) groups is 1. The van der Waals surface area contributed by atoms with Gasteiger partial charge in [-0.1, -0.05) is 6.07 Å². The standard InChI is InChI=1S/C14H16F3N5O/c1-21(2)12-5-3-4-11(20-12)7-18-13(23)10-6-19-22(8-10)9-14(15,16)17/h3-6,8H,7,9H2,1-2H3,(H,18,23). The van der Waals surface area contributed by atoms with E-state index in [4.69, 9.17) is 0 Å². The zero-order valence-corrected chi connectivity index (χ0v) is 12.6. The summed E-state index contributed by atoms with van der Waals surface area (Å²) in [7, 11) is 3.69. The van der Waals surface area contributed by atoms with E-state index >= 15 is 0 Å². The lowest BCUT2D eigenvalue weighted by atomic mass is 10.3. The Labute approximate surface area is 130 Å². The molecule has 0 aliphatic heterocycles. The van der Waals surface area contributed by atoms with Gasteiger partial charge in [0.1, 0.15) is 12.4 Å². The molecule has 0 aliphatic rings. The number of amides is 1. The molecule has 1 N–H and O–H groups in total. The van der Waals surface area contributed by atoms with Crippen LogP contribution in [0.15, 0.2) is 30.6 Å². The van der Waals surface area contributed by atoms with E-state index in [-0.39, 0.29) is 12.1 Å². The van der Waals surface area contributed by atoms with E-state index < -0.39 is 18.6 Å². The van der Waals surface area contributed by atoms with Crippen LogP contribution in [0.5, 0.6) is 0 Å². The maximum Gasteiger partial charge on any atom is 0.408 e. The third-order valence-corrected chi connectivity index (χ3v) is 2.92. The zero-order valence-electron chi connectivity index (χ0n) is 12.6. The van der Waals surface area contributed by atoms with Crippen LogP contribution in [0.3, 0.4) is 0 Å². The SMILES string of the molecule is CN(C)c1cccc(CNC(=O)c2cnn(CC(F)(F)F)c2)n1. The normalized spacial score (nSPS) is 11.3. The minimum atomic E-state index is -4.38. The molecule has 23 heavy (non-hydrogen) atoms. The van der Waals surface area contributed by atoms with Gasteiger partial charge < -0.3 is 10.2 Å². The first-order valence-electron chi connectivity index (χ1n) is 6.75. The second-order valence-corrected chi connectivity index (χ2v) is 5.11. The molecule has 0 fully saturated rings. The molecule has 0 aliphatic carbocycles. The van der Waals surface area contributed by atoms with E-state index in [1.165, 1.54) is 0 Å². The maximum absolute atomic E-state index is 12.3. The fraction of sp³-hybridized carbons (Fsp3) is 0.357. The number of pyridine rings is 1. The van der Waals surface area contributed by atoms with Gasteiger partial charge in [0.05, 0.1) is 24.0 Å². The van der Waals surface area contributed by atoms with Crippen LogP contribution in [0.4, 0.5) is 19.0 Å². The topological polar surface area (TPSA) is 63.1 Å². The number of halogens is 3. The van der Waals surface area contributed by atoms with Crippen LogP contribution in [0.25, 0.3) is 0 Å². The van der Waals surface area contributed by atoms with Gasteiger partial charge in [0.15, 0.2) is 0 Å². The number of hydrogen-bond acceptors (Lipinski definition) is 4. The first-order chi connectivity index (χ1) is 10.7. The predicted molar refractivity (Wildman–Crippen MR) is 78.0 cm³/mol. The Morgan fingerprint density at radius 3 is 2.74 bits per heavy atom. The van der Waals surface area contributed by atoms with Crippen molar-refractivity contribution in [3.05, 3.63) is 41.9 Å². The highest BCUT2D eigenvalue weighted by Crippen LogP contribution is 2.17. The lowest BCUT2D eigenvalue weighted by molar-refractivity contribution is -0.142. The Hall–Kier alpha value is -2.58. The van der Waals surface area contributed by atoms with E-state index in [9.17, 15) is 18.0 Å². The summed E-state index contributed by atoms with van der Waals surface area (Å²) >= 11 is 0. The lowest BCUT2D eigenvalue weighted by Gasteiger charge is -2.12. The molecule has 0 saturated heterocycles. The Balaban J connectivity index is 1.96. The van der Waals surface area contributed by atoms with Crippen molar-refractivity contribution >= 4 is 11.7 Å². The Bertz CT molecular complexity index is 681. The molecule has 0 saturated carbocycles. The largest absolute Gasteiger partial charge is 0.408 e. The van der Waals surface area contributed by atoms with Crippen LogP contribution >= 0.6 is 0 Å². The number of hydrogen-bond donors (Lipinski definition) is 1. The summed E-state index contributed by atoms with van der Waals surface area (Å²) in [6.07, 6.45) is -2.21. The third-order valence-electron chi connectivity index (χ3n) is 2.92. The Kier molecular flexibility index (Phi) is 4.87. The predicted octanol–water partition coefficient (Wildman–Crippen LogP) is 1.84. The summed E-state index contributed by atoms with van der Waals surface area (Å²) in [6, 6.07) is 5.39. The highest BCUT2D eigenvalue weighted by atomic mass is 19.4. The number of nitrogens with one attached hydrogen (secondary N) is 1. The lowest BCUT2D eigenvalue weighted by Crippen LogP contribution is -2.23. The van der Waals surface area contributed by atoms with Gasteiger partial charge in [0, 0.05) is 20.3 Å². The van der Waals surface area contributed by atoms with E-state index in [1.54, 1.807) is 6.07 Å². The highest BCUT2D eigenvalue weighted by Gasteiger charge is 2.28. The molecule has 1 amide bonds. The van der Waals surface area contributed by atoms with Gasteiger partial charge in [-0.15, -0.1) is 0 Å². The molecule has 6 nitrogen and oxygen atoms in total. The van der Waals surface area contributed by atoms with Crippen LogP contribution in [0.1, 0.15) is 16.1 Å². The van der Waals surface area contributed by atoms with Crippen molar-refractivity contribution in [2.45, 2.75) is 19.3 Å². The second-order valence-electron chi connectivity index (χ2n) is 5.11. The van der Waals surface area contributed by atoms with Gasteiger partial charge in [-0.05, 0) is 12.1 Å². The maximum atomic E-state index is 12.3. The first-order valence-corrected chi connectivity index (χ1v) is 6.75. The van der Waals surface area contributed by atoms with Gasteiger partial charge in [-0.2, -0.15) is 18.3 Å². The van der Waals surface area contributed by atoms with Gasteiger partial charge in [-0.25, -0.2) is 4.98 Å². The molecule has 2 aromatic heterocycles. The van der Waals surface area contributed by atoms with Crippen LogP contribution < -0.4 is 10.2 Å². The molecular formula is C14H16F3N5O. The van der Waals surface area contributed by atoms with Crippen molar-refractivity contribution in [3.8, 4) is 0 Å². The van der Waals surface area contributed by atoms with Crippen LogP contribution in [-0.2, 0) is 13.1 Å². The van der Waals surface area contributed by atoms with Crippen LogP contribution in [0, 0.1) is 0 Å². The summed E-state index contributed by atoms with van der Waals surface area (Å²) in [4.78, 5) is 18.1. The number of anilines is 1. The number of rotatable bonds is 5. The number of aromatic nitrogens is 3. The molecule has 0 radical (unpaired) electrons. The van der Waals surface area contributed by atoms with Crippen molar-refractivity contribution in [2.24, 2.45) is 0 Å². The Morgan fingerprint density at radius 1 is 1.35 bits per heavy atom. The van der Waals surface area contributed by atoms with Crippen LogP contribution in [-0.4, -0.2) is 40.9 Å². The van der Waals surface area contributed by atoms with E-state index in [1.807, 2.05) is 31.1 Å². The van der Waals surface area contributed by atoms with E-state index in [0.717, 1.165) is 18.2 Å². The van der Waals surface area contributed by atoms with Crippen molar-refractivity contribution in [1.82, 2.24) is 20.1 Å². The molecule has 2 aromatic rings. The fourth-order valence-electron chi connectivity index (χ4n) is 1.84. The van der Waals surface area contributed by atoms with Gasteiger partial charge >= 0.3 is 6.18 Å². The minimum absolute atomic E-state index is 0.0676. The molecule has 2 heterocycles. The summed E-state index contributed by atoms with van der Waals surface area (Å²) in [5.41, 5.74) is 0.713. The number of carbonyl (C=O) groups excluding carboxylic acids is 1. The number of nitrogens with zero attached hydrogens (tertiary/aromatic N) is 4. The summed E-state index contributed by atoms with van der Waals surface area (Å²) in [6.45, 7) is -1.06. The van der Waals surface area contributed by atoms with Gasteiger partial charge in [-0.3, -0.25) is 9.48 Å². The quantitative estimate of drug-likeness (QED) is 0.910. The van der Waals surface area contributed by atoms with E-state index in [2.05, 4.69) is 15.4 Å². The molecule has 0 bridgehead atoms. The minimum Gasteiger partial charge on any atom is -0.363 e. The summed E-state index contributed by atoms with van der Waals surface area (Å²) in [5, 5.41) is 6.13. The highest BCUT2D eigenvalue weighted by molar-refractivity contribution is 5.93. The van der Waals surface area contributed by atoms with Crippen LogP contribution in [0.2, 0.25) is 0 Å². The first kappa shape index (κ1) is 16.8. The fourth-order valence-corrected chi connectivity index (χ4v) is 1.84. The van der Waals surface area contributed by atoms with Crippen molar-refractivity contribution in [2.75, 3.05) is 19.0 Å². The zero-order chi connectivity index (χ0) is 17.0. The average molecular weight is 327 g/mol. The van der Waals surface area contributed by atoms with Crippen molar-refractivity contribution < 1.29 is 18.0 Å². The summed E-state index contributed by atoms with van der Waals surface area (Å²) < 4.78 is 37.4. The molecule has 9 heteroatoms. The molecule has 0 unspecified atom stereocenters. The van der Waals surface area contributed by atoms with E-state index in [0.29, 0.717) is 10.4 Å². The molecule has 2 rings (SSSR count). The molecule has 124 valence electrons. The third kappa shape index (κ3) is 4.97. The monoisotopic (exact) mass is 327 g/mol. The average Bonchev–Trinajstić information content (AvgIpc) is 2.91. The van der Waals surface area contributed by atoms with Gasteiger partial charge in [0.25, 0.3) is 5.91 Å². The Morgan fingerprint density at radius 2 is 2.09 bits per heavy atom. The second kappa shape index (κ2) is 6.67. The smallest absolute Gasteiger partial charge is 0.363 e. The molecular weight excluding hydrogens is 311 g/mol. The van der Waals surface area contributed by atoms with Crippen molar-refractivity contribution in [3.63, 3.8) is 0 Å². The molecule has 0 spiro atoms.